The molecule has 1 aliphatic heterocycles. The molecular weight excluding hydrogens is 176 g/mol. The van der Waals surface area contributed by atoms with Crippen molar-refractivity contribution in [2.45, 2.75) is 26.7 Å². The second-order valence-corrected chi connectivity index (χ2v) is 4.28. The summed E-state index contributed by atoms with van der Waals surface area (Å²) >= 11 is 0. The molecule has 0 aromatic carbocycles. The molecule has 0 aliphatic carbocycles. The molecule has 1 aliphatic rings. The van der Waals surface area contributed by atoms with Crippen molar-refractivity contribution in [3.8, 4) is 0 Å². The van der Waals surface area contributed by atoms with E-state index in [1.54, 1.807) is 0 Å². The predicted octanol–water partition coefficient (Wildman–Crippen LogP) is 0.897. The van der Waals surface area contributed by atoms with Gasteiger partial charge in [-0.15, -0.1) is 0 Å². The van der Waals surface area contributed by atoms with Crippen LogP contribution in [0.25, 0.3) is 0 Å². The van der Waals surface area contributed by atoms with Crippen molar-refractivity contribution < 1.29 is 4.79 Å². The van der Waals surface area contributed by atoms with E-state index in [9.17, 15) is 4.79 Å². The van der Waals surface area contributed by atoms with Crippen LogP contribution in [0.2, 0.25) is 0 Å². The van der Waals surface area contributed by atoms with E-state index >= 15 is 0 Å². The number of rotatable bonds is 5. The number of nitrogens with zero attached hydrogens (tertiary/aromatic N) is 1. The number of piperazine rings is 1. The summed E-state index contributed by atoms with van der Waals surface area (Å²) in [5.74, 6) is 0.951. The van der Waals surface area contributed by atoms with Gasteiger partial charge in [-0.3, -0.25) is 9.69 Å². The van der Waals surface area contributed by atoms with Gasteiger partial charge in [-0.05, 0) is 5.92 Å². The van der Waals surface area contributed by atoms with E-state index in [0.717, 1.165) is 39.0 Å². The molecule has 3 heteroatoms. The second-order valence-electron chi connectivity index (χ2n) is 4.28. The van der Waals surface area contributed by atoms with Crippen LogP contribution in [-0.4, -0.2) is 43.4 Å². The fraction of sp³-hybridized carbons (Fsp3) is 0.909. The van der Waals surface area contributed by atoms with Gasteiger partial charge >= 0.3 is 0 Å². The largest absolute Gasteiger partial charge is 0.314 e. The van der Waals surface area contributed by atoms with Crippen molar-refractivity contribution >= 4 is 5.78 Å². The van der Waals surface area contributed by atoms with Gasteiger partial charge in [-0.25, -0.2) is 0 Å². The molecule has 1 heterocycles. The first-order valence-electron chi connectivity index (χ1n) is 5.67. The normalized spacial score (nSPS) is 20.7. The zero-order valence-electron chi connectivity index (χ0n) is 9.38. The summed E-state index contributed by atoms with van der Waals surface area (Å²) in [7, 11) is 0. The smallest absolute Gasteiger partial charge is 0.147 e. The summed E-state index contributed by atoms with van der Waals surface area (Å²) in [6, 6.07) is 0. The molecule has 0 amide bonds. The SMILES string of the molecule is CCC(C)CC(=O)CN1CCNCC1. The first-order valence-corrected chi connectivity index (χ1v) is 5.67. The number of hydrogen-bond donors (Lipinski definition) is 1. The number of nitrogens with one attached hydrogen (secondary N) is 1. The van der Waals surface area contributed by atoms with Gasteiger partial charge in [0.15, 0.2) is 0 Å². The third-order valence-electron chi connectivity index (χ3n) is 2.88. The third kappa shape index (κ3) is 4.20. The Hall–Kier alpha value is -0.410. The molecule has 0 radical (unpaired) electrons. The summed E-state index contributed by atoms with van der Waals surface area (Å²) in [6.45, 7) is 9.04. The molecule has 1 saturated heterocycles. The standard InChI is InChI=1S/C11H22N2O/c1-3-10(2)8-11(14)9-13-6-4-12-5-7-13/h10,12H,3-9H2,1-2H3. The van der Waals surface area contributed by atoms with Gasteiger partial charge in [0.05, 0.1) is 6.54 Å². The average molecular weight is 198 g/mol. The van der Waals surface area contributed by atoms with E-state index in [1.807, 2.05) is 0 Å². The highest BCUT2D eigenvalue weighted by atomic mass is 16.1. The number of ketones is 1. The van der Waals surface area contributed by atoms with Gasteiger partial charge in [0.25, 0.3) is 0 Å². The summed E-state index contributed by atoms with van der Waals surface area (Å²) < 4.78 is 0. The maximum Gasteiger partial charge on any atom is 0.147 e. The summed E-state index contributed by atoms with van der Waals surface area (Å²) in [5.41, 5.74) is 0. The van der Waals surface area contributed by atoms with Crippen LogP contribution in [0.1, 0.15) is 26.7 Å². The summed E-state index contributed by atoms with van der Waals surface area (Å²) in [5, 5.41) is 3.29. The highest BCUT2D eigenvalue weighted by Gasteiger charge is 2.14. The first-order chi connectivity index (χ1) is 6.72. The lowest BCUT2D eigenvalue weighted by Crippen LogP contribution is -2.45. The lowest BCUT2D eigenvalue weighted by atomic mass is 10.0. The topological polar surface area (TPSA) is 32.3 Å². The first kappa shape index (κ1) is 11.7. The van der Waals surface area contributed by atoms with Gasteiger partial charge in [-0.2, -0.15) is 0 Å². The van der Waals surface area contributed by atoms with E-state index in [4.69, 9.17) is 0 Å². The molecule has 1 fully saturated rings. The van der Waals surface area contributed by atoms with Crippen molar-refractivity contribution in [1.29, 1.82) is 0 Å². The molecule has 0 aromatic rings. The Kier molecular flexibility index (Phi) is 5.12. The minimum atomic E-state index is 0.404. The van der Waals surface area contributed by atoms with E-state index in [0.29, 0.717) is 18.2 Å². The molecule has 0 saturated carbocycles. The van der Waals surface area contributed by atoms with E-state index in [-0.39, 0.29) is 0 Å². The second kappa shape index (κ2) is 6.14. The Morgan fingerprint density at radius 1 is 1.43 bits per heavy atom. The lowest BCUT2D eigenvalue weighted by molar-refractivity contribution is -0.121. The lowest BCUT2D eigenvalue weighted by Gasteiger charge is -2.26. The van der Waals surface area contributed by atoms with Crippen LogP contribution in [0, 0.1) is 5.92 Å². The average Bonchev–Trinajstić information content (AvgIpc) is 2.19. The quantitative estimate of drug-likeness (QED) is 0.712. The molecule has 1 rings (SSSR count). The molecule has 3 nitrogen and oxygen atoms in total. The zero-order chi connectivity index (χ0) is 10.4. The maximum atomic E-state index is 11.6. The molecule has 0 bridgehead atoms. The van der Waals surface area contributed by atoms with Crippen LogP contribution in [0.3, 0.4) is 0 Å². The van der Waals surface area contributed by atoms with Crippen LogP contribution in [0.15, 0.2) is 0 Å². The highest BCUT2D eigenvalue weighted by molar-refractivity contribution is 5.80. The molecule has 1 atom stereocenters. The van der Waals surface area contributed by atoms with E-state index < -0.39 is 0 Å². The molecule has 14 heavy (non-hydrogen) atoms. The Morgan fingerprint density at radius 2 is 2.07 bits per heavy atom. The van der Waals surface area contributed by atoms with Gasteiger partial charge in [0.1, 0.15) is 5.78 Å². The van der Waals surface area contributed by atoms with Gasteiger partial charge in [-0.1, -0.05) is 20.3 Å². The van der Waals surface area contributed by atoms with Crippen LogP contribution < -0.4 is 5.32 Å². The fourth-order valence-corrected chi connectivity index (χ4v) is 1.72. The van der Waals surface area contributed by atoms with Gasteiger partial charge in [0, 0.05) is 32.6 Å². The van der Waals surface area contributed by atoms with Crippen LogP contribution >= 0.6 is 0 Å². The molecule has 0 aromatic heterocycles. The van der Waals surface area contributed by atoms with Crippen molar-refractivity contribution in [2.75, 3.05) is 32.7 Å². The Labute approximate surface area is 86.9 Å². The van der Waals surface area contributed by atoms with E-state index in [1.165, 1.54) is 0 Å². The Bertz CT molecular complexity index is 176. The van der Waals surface area contributed by atoms with Crippen LogP contribution in [0.5, 0.6) is 0 Å². The summed E-state index contributed by atoms with van der Waals surface area (Å²) in [6.07, 6.45) is 1.85. The zero-order valence-corrected chi connectivity index (χ0v) is 9.38. The monoisotopic (exact) mass is 198 g/mol. The molecule has 1 N–H and O–H groups in total. The minimum Gasteiger partial charge on any atom is -0.314 e. The molecule has 0 spiro atoms. The predicted molar refractivity (Wildman–Crippen MR) is 58.4 cm³/mol. The highest BCUT2D eigenvalue weighted by Crippen LogP contribution is 2.07. The van der Waals surface area contributed by atoms with Crippen molar-refractivity contribution in [2.24, 2.45) is 5.92 Å². The molecular formula is C11H22N2O. The van der Waals surface area contributed by atoms with Gasteiger partial charge in [0.2, 0.25) is 0 Å². The fourth-order valence-electron chi connectivity index (χ4n) is 1.72. The van der Waals surface area contributed by atoms with Gasteiger partial charge < -0.3 is 5.32 Å². The number of Topliss-reactive ketones (excluding diaryl/α,β-unsaturated/α-hetero) is 1. The molecule has 82 valence electrons. The van der Waals surface area contributed by atoms with Crippen molar-refractivity contribution in [3.05, 3.63) is 0 Å². The number of hydrogen-bond acceptors (Lipinski definition) is 3. The maximum absolute atomic E-state index is 11.6. The number of carbonyl (C=O) groups excluding carboxylic acids is 1. The third-order valence-corrected chi connectivity index (χ3v) is 2.88. The van der Waals surface area contributed by atoms with E-state index in [2.05, 4.69) is 24.1 Å². The summed E-state index contributed by atoms with van der Waals surface area (Å²) in [4.78, 5) is 13.9. The number of carbonyl (C=O) groups is 1. The van der Waals surface area contributed by atoms with Crippen LogP contribution in [0.4, 0.5) is 0 Å². The minimum absolute atomic E-state index is 0.404. The van der Waals surface area contributed by atoms with Crippen LogP contribution in [-0.2, 0) is 4.79 Å². The van der Waals surface area contributed by atoms with Crippen molar-refractivity contribution in [3.63, 3.8) is 0 Å². The Morgan fingerprint density at radius 3 is 2.64 bits per heavy atom. The Balaban J connectivity index is 2.18. The molecule has 1 unspecified atom stereocenters. The van der Waals surface area contributed by atoms with Crippen molar-refractivity contribution in [1.82, 2.24) is 10.2 Å².